The zero-order chi connectivity index (χ0) is 11.3. The molecule has 5 heteroatoms. The van der Waals surface area contributed by atoms with Crippen molar-refractivity contribution in [2.45, 2.75) is 20.3 Å². The number of thiazole rings is 1. The number of methoxy groups -OCH3 is 1. The maximum atomic E-state index is 11.0. The van der Waals surface area contributed by atoms with Crippen LogP contribution in [0.1, 0.15) is 19.5 Å². The number of hydrogen-bond acceptors (Lipinski definition) is 5. The molecule has 0 aliphatic heterocycles. The first kappa shape index (κ1) is 12.0. The molecule has 1 heterocycles. The van der Waals surface area contributed by atoms with Crippen molar-refractivity contribution in [2.75, 3.05) is 19.0 Å². The first-order valence-electron chi connectivity index (χ1n) is 4.87. The molecule has 1 rings (SSSR count). The molecule has 0 radical (unpaired) electrons. The van der Waals surface area contributed by atoms with E-state index in [9.17, 15) is 4.79 Å². The van der Waals surface area contributed by atoms with Gasteiger partial charge in [0.15, 0.2) is 5.13 Å². The van der Waals surface area contributed by atoms with E-state index in [0.29, 0.717) is 5.92 Å². The van der Waals surface area contributed by atoms with E-state index < -0.39 is 0 Å². The highest BCUT2D eigenvalue weighted by Crippen LogP contribution is 2.16. The zero-order valence-electron chi connectivity index (χ0n) is 9.24. The fraction of sp³-hybridized carbons (Fsp3) is 0.600. The van der Waals surface area contributed by atoms with E-state index in [0.717, 1.165) is 17.4 Å². The zero-order valence-corrected chi connectivity index (χ0v) is 10.1. The predicted molar refractivity (Wildman–Crippen MR) is 61.2 cm³/mol. The smallest absolute Gasteiger partial charge is 0.311 e. The Morgan fingerprint density at radius 1 is 1.67 bits per heavy atom. The Morgan fingerprint density at radius 2 is 2.40 bits per heavy atom. The minimum absolute atomic E-state index is 0.246. The lowest BCUT2D eigenvalue weighted by Gasteiger charge is -2.04. The summed E-state index contributed by atoms with van der Waals surface area (Å²) >= 11 is 1.51. The average Bonchev–Trinajstić information content (AvgIpc) is 2.62. The van der Waals surface area contributed by atoms with Crippen molar-refractivity contribution in [1.29, 1.82) is 0 Å². The molecule has 0 aliphatic rings. The summed E-state index contributed by atoms with van der Waals surface area (Å²) in [5.41, 5.74) is 0.762. The highest BCUT2D eigenvalue weighted by atomic mass is 32.1. The molecule has 0 saturated heterocycles. The van der Waals surface area contributed by atoms with Crippen LogP contribution in [0.25, 0.3) is 0 Å². The van der Waals surface area contributed by atoms with Crippen molar-refractivity contribution in [1.82, 2.24) is 4.98 Å². The molecule has 1 N–H and O–H groups in total. The lowest BCUT2D eigenvalue weighted by atomic mass is 10.2. The topological polar surface area (TPSA) is 51.2 Å². The Hall–Kier alpha value is -1.10. The van der Waals surface area contributed by atoms with Crippen molar-refractivity contribution in [3.05, 3.63) is 11.1 Å². The Bertz CT molecular complexity index is 323. The molecular weight excluding hydrogens is 212 g/mol. The fourth-order valence-corrected chi connectivity index (χ4v) is 1.70. The van der Waals surface area contributed by atoms with Crippen molar-refractivity contribution < 1.29 is 9.53 Å². The van der Waals surface area contributed by atoms with Gasteiger partial charge in [-0.3, -0.25) is 4.79 Å². The molecule has 0 unspecified atom stereocenters. The fourth-order valence-electron chi connectivity index (χ4n) is 0.981. The Kier molecular flexibility index (Phi) is 4.55. The Morgan fingerprint density at radius 3 is 3.00 bits per heavy atom. The number of ether oxygens (including phenoxy) is 1. The van der Waals surface area contributed by atoms with Gasteiger partial charge in [-0.1, -0.05) is 13.8 Å². The normalized spacial score (nSPS) is 10.4. The van der Waals surface area contributed by atoms with Gasteiger partial charge in [-0.05, 0) is 5.92 Å². The summed E-state index contributed by atoms with van der Waals surface area (Å²) in [7, 11) is 1.38. The van der Waals surface area contributed by atoms with Crippen molar-refractivity contribution in [2.24, 2.45) is 5.92 Å². The van der Waals surface area contributed by atoms with E-state index in [4.69, 9.17) is 0 Å². The van der Waals surface area contributed by atoms with E-state index >= 15 is 0 Å². The molecule has 84 valence electrons. The summed E-state index contributed by atoms with van der Waals surface area (Å²) in [6.07, 6.45) is 0.246. The number of aromatic nitrogens is 1. The van der Waals surface area contributed by atoms with E-state index in [-0.39, 0.29) is 12.4 Å². The molecule has 4 nitrogen and oxygen atoms in total. The molecule has 0 bridgehead atoms. The second-order valence-electron chi connectivity index (χ2n) is 3.67. The third-order valence-electron chi connectivity index (χ3n) is 1.77. The highest BCUT2D eigenvalue weighted by Gasteiger charge is 2.07. The van der Waals surface area contributed by atoms with Gasteiger partial charge >= 0.3 is 5.97 Å². The van der Waals surface area contributed by atoms with Crippen LogP contribution in [0.5, 0.6) is 0 Å². The number of hydrogen-bond donors (Lipinski definition) is 1. The quantitative estimate of drug-likeness (QED) is 0.782. The molecule has 1 aromatic rings. The SMILES string of the molecule is COC(=O)Cc1csc(NCC(C)C)n1. The van der Waals surface area contributed by atoms with Gasteiger partial charge in [-0.2, -0.15) is 0 Å². The molecular formula is C10H16N2O2S. The third kappa shape index (κ3) is 4.29. The molecule has 0 amide bonds. The lowest BCUT2D eigenvalue weighted by Crippen LogP contribution is -2.08. The van der Waals surface area contributed by atoms with Crippen molar-refractivity contribution in [3.63, 3.8) is 0 Å². The van der Waals surface area contributed by atoms with Gasteiger partial charge in [0.25, 0.3) is 0 Å². The minimum atomic E-state index is -0.254. The molecule has 0 aromatic carbocycles. The number of carbonyl (C=O) groups is 1. The van der Waals surface area contributed by atoms with Gasteiger partial charge in [0, 0.05) is 11.9 Å². The van der Waals surface area contributed by atoms with Crippen LogP contribution >= 0.6 is 11.3 Å². The maximum absolute atomic E-state index is 11.0. The van der Waals surface area contributed by atoms with Crippen LogP contribution in [0, 0.1) is 5.92 Å². The van der Waals surface area contributed by atoms with Gasteiger partial charge in [-0.25, -0.2) is 4.98 Å². The minimum Gasteiger partial charge on any atom is -0.469 e. The van der Waals surface area contributed by atoms with Gasteiger partial charge < -0.3 is 10.1 Å². The first-order valence-corrected chi connectivity index (χ1v) is 5.75. The van der Waals surface area contributed by atoms with E-state index in [1.165, 1.54) is 18.4 Å². The molecule has 15 heavy (non-hydrogen) atoms. The van der Waals surface area contributed by atoms with Crippen molar-refractivity contribution in [3.8, 4) is 0 Å². The van der Waals surface area contributed by atoms with Crippen LogP contribution in [-0.2, 0) is 16.0 Å². The van der Waals surface area contributed by atoms with Crippen LogP contribution in [0.3, 0.4) is 0 Å². The number of anilines is 1. The highest BCUT2D eigenvalue weighted by molar-refractivity contribution is 7.13. The second kappa shape index (κ2) is 5.70. The number of rotatable bonds is 5. The number of carbonyl (C=O) groups excluding carboxylic acids is 1. The summed E-state index contributed by atoms with van der Waals surface area (Å²) in [6, 6.07) is 0. The van der Waals surface area contributed by atoms with Crippen molar-refractivity contribution >= 4 is 22.4 Å². The lowest BCUT2D eigenvalue weighted by molar-refractivity contribution is -0.139. The monoisotopic (exact) mass is 228 g/mol. The van der Waals surface area contributed by atoms with Crippen LogP contribution in [0.15, 0.2) is 5.38 Å². The molecule has 0 saturated carbocycles. The van der Waals surface area contributed by atoms with Crippen LogP contribution in [0.4, 0.5) is 5.13 Å². The molecule has 1 aromatic heterocycles. The van der Waals surface area contributed by atoms with Crippen LogP contribution < -0.4 is 5.32 Å². The molecule has 0 spiro atoms. The van der Waals surface area contributed by atoms with E-state index in [1.54, 1.807) is 0 Å². The molecule has 0 atom stereocenters. The maximum Gasteiger partial charge on any atom is 0.311 e. The number of esters is 1. The first-order chi connectivity index (χ1) is 7.11. The predicted octanol–water partition coefficient (Wildman–Crippen LogP) is 1.93. The van der Waals surface area contributed by atoms with Gasteiger partial charge in [-0.15, -0.1) is 11.3 Å². The summed E-state index contributed by atoms with van der Waals surface area (Å²) in [5, 5.41) is 5.95. The van der Waals surface area contributed by atoms with E-state index in [2.05, 4.69) is 28.9 Å². The number of nitrogens with zero attached hydrogens (tertiary/aromatic N) is 1. The summed E-state index contributed by atoms with van der Waals surface area (Å²) in [5.74, 6) is 0.327. The molecule has 0 aliphatic carbocycles. The van der Waals surface area contributed by atoms with Gasteiger partial charge in [0.2, 0.25) is 0 Å². The van der Waals surface area contributed by atoms with Gasteiger partial charge in [0.05, 0.1) is 19.2 Å². The summed E-state index contributed by atoms with van der Waals surface area (Å²) < 4.78 is 4.57. The standard InChI is InChI=1S/C10H16N2O2S/c1-7(2)5-11-10-12-8(6-15-10)4-9(13)14-3/h6-7H,4-5H2,1-3H3,(H,11,12). The second-order valence-corrected chi connectivity index (χ2v) is 4.53. The summed E-state index contributed by atoms with van der Waals surface area (Å²) in [4.78, 5) is 15.3. The number of nitrogens with one attached hydrogen (secondary N) is 1. The Labute approximate surface area is 93.7 Å². The summed E-state index contributed by atoms with van der Waals surface area (Å²) in [6.45, 7) is 5.16. The molecule has 0 fully saturated rings. The Balaban J connectivity index is 2.45. The van der Waals surface area contributed by atoms with Crippen LogP contribution in [0.2, 0.25) is 0 Å². The van der Waals surface area contributed by atoms with Crippen LogP contribution in [-0.4, -0.2) is 24.6 Å². The van der Waals surface area contributed by atoms with Gasteiger partial charge in [0.1, 0.15) is 0 Å². The average molecular weight is 228 g/mol. The third-order valence-corrected chi connectivity index (χ3v) is 2.62. The van der Waals surface area contributed by atoms with E-state index in [1.807, 2.05) is 5.38 Å². The largest absolute Gasteiger partial charge is 0.469 e.